The van der Waals surface area contributed by atoms with Gasteiger partial charge in [-0.15, -0.1) is 5.92 Å². The molecule has 1 unspecified atom stereocenters. The lowest BCUT2D eigenvalue weighted by atomic mass is 10.0. The number of likely N-dealkylation sites (tertiary alicyclic amines) is 1. The van der Waals surface area contributed by atoms with Crippen LogP contribution in [0.3, 0.4) is 0 Å². The van der Waals surface area contributed by atoms with E-state index in [0.717, 1.165) is 18.6 Å². The average molecular weight is 206 g/mol. The van der Waals surface area contributed by atoms with E-state index in [-0.39, 0.29) is 0 Å². The van der Waals surface area contributed by atoms with E-state index in [0.29, 0.717) is 0 Å². The van der Waals surface area contributed by atoms with Gasteiger partial charge in [0.05, 0.1) is 6.54 Å². The van der Waals surface area contributed by atoms with Gasteiger partial charge in [-0.2, -0.15) is 0 Å². The van der Waals surface area contributed by atoms with Crippen molar-refractivity contribution >= 4 is 0 Å². The number of hydrogen-bond donors (Lipinski definition) is 1. The van der Waals surface area contributed by atoms with Crippen molar-refractivity contribution in [2.75, 3.05) is 19.6 Å². The smallest absolute Gasteiger partial charge is 0.0604 e. The van der Waals surface area contributed by atoms with Crippen LogP contribution in [-0.4, -0.2) is 36.6 Å². The summed E-state index contributed by atoms with van der Waals surface area (Å²) in [5, 5.41) is 3.64. The number of nitrogens with one attached hydrogen (secondary N) is 1. The van der Waals surface area contributed by atoms with E-state index in [4.69, 9.17) is 0 Å². The summed E-state index contributed by atoms with van der Waals surface area (Å²) in [6, 6.07) is 1.58. The van der Waals surface area contributed by atoms with E-state index in [1.165, 1.54) is 45.2 Å². The summed E-state index contributed by atoms with van der Waals surface area (Å²) in [6.45, 7) is 5.32. The van der Waals surface area contributed by atoms with Crippen LogP contribution in [0, 0.1) is 11.8 Å². The first kappa shape index (κ1) is 11.0. The van der Waals surface area contributed by atoms with Crippen LogP contribution in [0.4, 0.5) is 0 Å². The number of rotatable bonds is 4. The summed E-state index contributed by atoms with van der Waals surface area (Å²) in [5.41, 5.74) is 0. The zero-order valence-corrected chi connectivity index (χ0v) is 9.76. The van der Waals surface area contributed by atoms with Gasteiger partial charge in [0, 0.05) is 18.6 Å². The van der Waals surface area contributed by atoms with Gasteiger partial charge in [0.15, 0.2) is 0 Å². The van der Waals surface area contributed by atoms with Crippen LogP contribution in [0.5, 0.6) is 0 Å². The standard InChI is InChI=1S/C13H22N2/c1-2-3-9-15-10-5-4-6-13(15)11-14-12-7-8-12/h12-14H,4-11H2,1H3. The van der Waals surface area contributed by atoms with E-state index < -0.39 is 0 Å². The van der Waals surface area contributed by atoms with Gasteiger partial charge in [0.25, 0.3) is 0 Å². The third-order valence-electron chi connectivity index (χ3n) is 3.43. The Morgan fingerprint density at radius 1 is 1.27 bits per heavy atom. The molecule has 2 fully saturated rings. The molecule has 0 radical (unpaired) electrons. The molecule has 1 aliphatic carbocycles. The second-order valence-electron chi connectivity index (χ2n) is 4.73. The Morgan fingerprint density at radius 3 is 2.87 bits per heavy atom. The van der Waals surface area contributed by atoms with Crippen molar-refractivity contribution in [1.82, 2.24) is 10.2 Å². The lowest BCUT2D eigenvalue weighted by Crippen LogP contribution is -2.46. The van der Waals surface area contributed by atoms with Crippen molar-refractivity contribution in [2.45, 2.75) is 51.1 Å². The Hall–Kier alpha value is -0.520. The molecular weight excluding hydrogens is 184 g/mol. The highest BCUT2D eigenvalue weighted by atomic mass is 15.2. The van der Waals surface area contributed by atoms with Gasteiger partial charge in [-0.3, -0.25) is 4.90 Å². The van der Waals surface area contributed by atoms with E-state index in [1.54, 1.807) is 0 Å². The molecule has 0 aromatic carbocycles. The van der Waals surface area contributed by atoms with Crippen molar-refractivity contribution < 1.29 is 0 Å². The van der Waals surface area contributed by atoms with Crippen LogP contribution in [0.1, 0.15) is 39.0 Å². The fourth-order valence-corrected chi connectivity index (χ4v) is 2.27. The quantitative estimate of drug-likeness (QED) is 0.703. The van der Waals surface area contributed by atoms with Gasteiger partial charge in [0.1, 0.15) is 0 Å². The Balaban J connectivity index is 1.77. The van der Waals surface area contributed by atoms with E-state index in [1.807, 2.05) is 6.92 Å². The lowest BCUT2D eigenvalue weighted by Gasteiger charge is -2.34. The average Bonchev–Trinajstić information content (AvgIpc) is 3.08. The maximum Gasteiger partial charge on any atom is 0.0604 e. The monoisotopic (exact) mass is 206 g/mol. The fourth-order valence-electron chi connectivity index (χ4n) is 2.27. The molecule has 15 heavy (non-hydrogen) atoms. The molecule has 1 heterocycles. The van der Waals surface area contributed by atoms with Gasteiger partial charge in [0.2, 0.25) is 0 Å². The molecule has 84 valence electrons. The topological polar surface area (TPSA) is 15.3 Å². The molecule has 0 aromatic heterocycles. The number of hydrogen-bond acceptors (Lipinski definition) is 2. The van der Waals surface area contributed by atoms with E-state index >= 15 is 0 Å². The highest BCUT2D eigenvalue weighted by molar-refractivity contribution is 4.99. The van der Waals surface area contributed by atoms with Crippen molar-refractivity contribution in [2.24, 2.45) is 0 Å². The maximum atomic E-state index is 3.64. The molecule has 0 amide bonds. The van der Waals surface area contributed by atoms with Gasteiger partial charge in [-0.1, -0.05) is 12.3 Å². The van der Waals surface area contributed by atoms with Crippen LogP contribution in [-0.2, 0) is 0 Å². The van der Waals surface area contributed by atoms with Crippen LogP contribution >= 0.6 is 0 Å². The SMILES string of the molecule is CC#CCN1CCCCC1CNC1CC1. The second kappa shape index (κ2) is 5.53. The second-order valence-corrected chi connectivity index (χ2v) is 4.73. The van der Waals surface area contributed by atoms with Crippen molar-refractivity contribution in [3.05, 3.63) is 0 Å². The van der Waals surface area contributed by atoms with E-state index in [9.17, 15) is 0 Å². The zero-order chi connectivity index (χ0) is 10.5. The first-order chi connectivity index (χ1) is 7.40. The summed E-state index contributed by atoms with van der Waals surface area (Å²) >= 11 is 0. The molecule has 0 bridgehead atoms. The Labute approximate surface area is 93.4 Å². The summed E-state index contributed by atoms with van der Waals surface area (Å²) in [5.74, 6) is 6.20. The molecule has 1 saturated carbocycles. The lowest BCUT2D eigenvalue weighted by molar-refractivity contribution is 0.164. The molecule has 0 aromatic rings. The number of piperidine rings is 1. The first-order valence-corrected chi connectivity index (χ1v) is 6.27. The molecule has 2 heteroatoms. The van der Waals surface area contributed by atoms with Crippen molar-refractivity contribution in [1.29, 1.82) is 0 Å². The largest absolute Gasteiger partial charge is 0.312 e. The predicted octanol–water partition coefficient (Wildman–Crippen LogP) is 1.62. The van der Waals surface area contributed by atoms with Crippen molar-refractivity contribution in [3.8, 4) is 11.8 Å². The summed E-state index contributed by atoms with van der Waals surface area (Å²) in [6.07, 6.45) is 6.88. The number of nitrogens with zero attached hydrogens (tertiary/aromatic N) is 1. The maximum absolute atomic E-state index is 3.64. The third-order valence-corrected chi connectivity index (χ3v) is 3.43. The predicted molar refractivity (Wildman–Crippen MR) is 63.7 cm³/mol. The van der Waals surface area contributed by atoms with Gasteiger partial charge >= 0.3 is 0 Å². The molecular formula is C13H22N2. The summed E-state index contributed by atoms with van der Waals surface area (Å²) in [7, 11) is 0. The van der Waals surface area contributed by atoms with Crippen LogP contribution in [0.2, 0.25) is 0 Å². The van der Waals surface area contributed by atoms with Gasteiger partial charge in [-0.05, 0) is 39.2 Å². The van der Waals surface area contributed by atoms with Crippen LogP contribution in [0.25, 0.3) is 0 Å². The highest BCUT2D eigenvalue weighted by Crippen LogP contribution is 2.21. The molecule has 2 nitrogen and oxygen atoms in total. The highest BCUT2D eigenvalue weighted by Gasteiger charge is 2.25. The van der Waals surface area contributed by atoms with Crippen LogP contribution in [0.15, 0.2) is 0 Å². The van der Waals surface area contributed by atoms with Crippen LogP contribution < -0.4 is 5.32 Å². The minimum atomic E-state index is 0.736. The van der Waals surface area contributed by atoms with E-state index in [2.05, 4.69) is 22.1 Å². The minimum Gasteiger partial charge on any atom is -0.312 e. The zero-order valence-electron chi connectivity index (χ0n) is 9.76. The summed E-state index contributed by atoms with van der Waals surface area (Å²) < 4.78 is 0. The molecule has 1 N–H and O–H groups in total. The van der Waals surface area contributed by atoms with Gasteiger partial charge < -0.3 is 5.32 Å². The Kier molecular flexibility index (Phi) is 4.05. The molecule has 1 saturated heterocycles. The van der Waals surface area contributed by atoms with Gasteiger partial charge in [-0.25, -0.2) is 0 Å². The first-order valence-electron chi connectivity index (χ1n) is 6.27. The molecule has 1 atom stereocenters. The summed E-state index contributed by atoms with van der Waals surface area (Å²) in [4.78, 5) is 2.55. The molecule has 0 spiro atoms. The Bertz CT molecular complexity index is 247. The Morgan fingerprint density at radius 2 is 2.13 bits per heavy atom. The molecule has 2 rings (SSSR count). The van der Waals surface area contributed by atoms with Crippen molar-refractivity contribution in [3.63, 3.8) is 0 Å². The molecule has 2 aliphatic rings. The minimum absolute atomic E-state index is 0.736. The third kappa shape index (κ3) is 3.52. The molecule has 1 aliphatic heterocycles. The fraction of sp³-hybridized carbons (Fsp3) is 0.846. The normalized spacial score (nSPS) is 27.1.